The first-order valence-corrected chi connectivity index (χ1v) is 5.01. The Morgan fingerprint density at radius 1 is 1.38 bits per heavy atom. The summed E-state index contributed by atoms with van der Waals surface area (Å²) < 4.78 is 0. The zero-order valence-corrected chi connectivity index (χ0v) is 9.24. The Morgan fingerprint density at radius 2 is 2.12 bits per heavy atom. The summed E-state index contributed by atoms with van der Waals surface area (Å²) in [5.74, 6) is -0.195. The van der Waals surface area contributed by atoms with Crippen molar-refractivity contribution in [3.8, 4) is 0 Å². The first-order chi connectivity index (χ1) is 7.63. The number of benzene rings is 1. The molecule has 1 aromatic heterocycles. The number of pyridine rings is 1. The fraction of sp³-hybridized carbons (Fsp3) is 0.167. The Kier molecular flexibility index (Phi) is 2.48. The summed E-state index contributed by atoms with van der Waals surface area (Å²) in [4.78, 5) is 15.9. The summed E-state index contributed by atoms with van der Waals surface area (Å²) in [5.41, 5.74) is 7.74. The number of aryl methyl sites for hydroxylation is 1. The van der Waals surface area contributed by atoms with Gasteiger partial charge in [-0.2, -0.15) is 0 Å². The fourth-order valence-electron chi connectivity index (χ4n) is 1.72. The molecular formula is C12H13N3O. The van der Waals surface area contributed by atoms with Crippen molar-refractivity contribution in [1.82, 2.24) is 10.3 Å². The third-order valence-electron chi connectivity index (χ3n) is 2.48. The van der Waals surface area contributed by atoms with Gasteiger partial charge in [-0.05, 0) is 19.1 Å². The maximum atomic E-state index is 11.7. The van der Waals surface area contributed by atoms with Crippen LogP contribution in [0.5, 0.6) is 0 Å². The van der Waals surface area contributed by atoms with Crippen LogP contribution in [0.15, 0.2) is 24.3 Å². The molecule has 3 N–H and O–H groups in total. The molecule has 0 atom stereocenters. The molecule has 2 aromatic rings. The van der Waals surface area contributed by atoms with E-state index in [4.69, 9.17) is 5.73 Å². The van der Waals surface area contributed by atoms with E-state index in [2.05, 4.69) is 10.3 Å². The van der Waals surface area contributed by atoms with Gasteiger partial charge in [0.05, 0.1) is 0 Å². The largest absolute Gasteiger partial charge is 0.398 e. The summed E-state index contributed by atoms with van der Waals surface area (Å²) >= 11 is 0. The molecule has 0 spiro atoms. The van der Waals surface area contributed by atoms with Gasteiger partial charge in [-0.25, -0.2) is 4.98 Å². The molecule has 0 unspecified atom stereocenters. The number of anilines is 1. The third kappa shape index (κ3) is 1.58. The number of fused-ring (bicyclic) bond motifs is 1. The number of nitrogens with two attached hydrogens (primary N) is 1. The zero-order chi connectivity index (χ0) is 11.7. The number of nitrogens with one attached hydrogen (secondary N) is 1. The molecule has 1 heterocycles. The van der Waals surface area contributed by atoms with Gasteiger partial charge < -0.3 is 11.1 Å². The lowest BCUT2D eigenvalue weighted by Crippen LogP contribution is -2.20. The van der Waals surface area contributed by atoms with Gasteiger partial charge >= 0.3 is 0 Å². The second kappa shape index (κ2) is 3.81. The van der Waals surface area contributed by atoms with E-state index in [1.54, 1.807) is 7.05 Å². The molecule has 2 rings (SSSR count). The molecule has 1 amide bonds. The highest BCUT2D eigenvalue weighted by Gasteiger charge is 2.12. The lowest BCUT2D eigenvalue weighted by atomic mass is 10.1. The van der Waals surface area contributed by atoms with Crippen LogP contribution < -0.4 is 11.1 Å². The quantitative estimate of drug-likeness (QED) is 0.708. The lowest BCUT2D eigenvalue weighted by molar-refractivity contribution is 0.0960. The van der Waals surface area contributed by atoms with E-state index >= 15 is 0 Å². The molecule has 0 bridgehead atoms. The summed E-state index contributed by atoms with van der Waals surface area (Å²) in [7, 11) is 1.59. The number of nitrogens with zero attached hydrogens (tertiary/aromatic N) is 1. The van der Waals surface area contributed by atoms with Crippen LogP contribution in [0.2, 0.25) is 0 Å². The van der Waals surface area contributed by atoms with Crippen LogP contribution in [0.3, 0.4) is 0 Å². The van der Waals surface area contributed by atoms with Crippen LogP contribution in [0.25, 0.3) is 10.8 Å². The normalized spacial score (nSPS) is 10.4. The highest BCUT2D eigenvalue weighted by Crippen LogP contribution is 2.23. The van der Waals surface area contributed by atoms with Crippen LogP contribution in [-0.2, 0) is 0 Å². The maximum absolute atomic E-state index is 11.7. The average molecular weight is 215 g/mol. The minimum atomic E-state index is -0.195. The van der Waals surface area contributed by atoms with E-state index in [9.17, 15) is 4.79 Å². The molecule has 1 aromatic carbocycles. The van der Waals surface area contributed by atoms with Crippen LogP contribution in [0.4, 0.5) is 5.69 Å². The summed E-state index contributed by atoms with van der Waals surface area (Å²) in [5, 5.41) is 4.23. The van der Waals surface area contributed by atoms with Crippen molar-refractivity contribution < 1.29 is 4.79 Å². The van der Waals surface area contributed by atoms with Gasteiger partial charge in [0, 0.05) is 29.2 Å². The first-order valence-electron chi connectivity index (χ1n) is 5.01. The molecule has 0 aliphatic carbocycles. The van der Waals surface area contributed by atoms with Crippen molar-refractivity contribution in [3.63, 3.8) is 0 Å². The number of hydrogen-bond donors (Lipinski definition) is 2. The van der Waals surface area contributed by atoms with Crippen LogP contribution in [-0.4, -0.2) is 17.9 Å². The molecule has 0 saturated heterocycles. The zero-order valence-electron chi connectivity index (χ0n) is 9.24. The maximum Gasteiger partial charge on any atom is 0.270 e. The fourth-order valence-corrected chi connectivity index (χ4v) is 1.72. The Labute approximate surface area is 93.5 Å². The van der Waals surface area contributed by atoms with Gasteiger partial charge in [-0.1, -0.05) is 12.1 Å². The van der Waals surface area contributed by atoms with E-state index in [1.165, 1.54) is 0 Å². The number of hydrogen-bond acceptors (Lipinski definition) is 3. The van der Waals surface area contributed by atoms with Gasteiger partial charge in [0.1, 0.15) is 5.69 Å². The van der Waals surface area contributed by atoms with E-state index in [0.29, 0.717) is 11.4 Å². The van der Waals surface area contributed by atoms with Crippen molar-refractivity contribution in [3.05, 3.63) is 35.7 Å². The Hall–Kier alpha value is -2.10. The highest BCUT2D eigenvalue weighted by atomic mass is 16.1. The predicted octanol–water partition coefficient (Wildman–Crippen LogP) is 1.49. The minimum absolute atomic E-state index is 0.195. The summed E-state index contributed by atoms with van der Waals surface area (Å²) in [6, 6.07) is 7.37. The number of carbonyl (C=O) groups excluding carboxylic acids is 1. The number of aromatic nitrogens is 1. The molecular weight excluding hydrogens is 202 g/mol. The molecule has 4 nitrogen and oxygen atoms in total. The van der Waals surface area contributed by atoms with Gasteiger partial charge in [0.15, 0.2) is 0 Å². The molecule has 0 fully saturated rings. The Balaban J connectivity index is 2.83. The topological polar surface area (TPSA) is 68.0 Å². The number of nitrogen functional groups attached to an aromatic ring is 1. The van der Waals surface area contributed by atoms with E-state index in [0.717, 1.165) is 16.5 Å². The van der Waals surface area contributed by atoms with Crippen molar-refractivity contribution in [2.75, 3.05) is 12.8 Å². The van der Waals surface area contributed by atoms with E-state index in [1.807, 2.05) is 31.2 Å². The van der Waals surface area contributed by atoms with Crippen LogP contribution in [0, 0.1) is 6.92 Å². The minimum Gasteiger partial charge on any atom is -0.398 e. The van der Waals surface area contributed by atoms with E-state index < -0.39 is 0 Å². The van der Waals surface area contributed by atoms with Crippen molar-refractivity contribution in [2.24, 2.45) is 0 Å². The smallest absolute Gasteiger partial charge is 0.270 e. The van der Waals surface area contributed by atoms with Crippen molar-refractivity contribution in [2.45, 2.75) is 6.92 Å². The van der Waals surface area contributed by atoms with Crippen molar-refractivity contribution in [1.29, 1.82) is 0 Å². The molecule has 4 heteroatoms. The van der Waals surface area contributed by atoms with Crippen molar-refractivity contribution >= 4 is 22.4 Å². The van der Waals surface area contributed by atoms with Crippen LogP contribution >= 0.6 is 0 Å². The van der Waals surface area contributed by atoms with Gasteiger partial charge in [0.2, 0.25) is 0 Å². The van der Waals surface area contributed by atoms with E-state index in [-0.39, 0.29) is 5.91 Å². The second-order valence-corrected chi connectivity index (χ2v) is 3.63. The number of rotatable bonds is 1. The Morgan fingerprint density at radius 3 is 2.81 bits per heavy atom. The van der Waals surface area contributed by atoms with Gasteiger partial charge in [-0.15, -0.1) is 0 Å². The molecule has 0 aliphatic rings. The molecule has 0 radical (unpaired) electrons. The Bertz CT molecular complexity index is 563. The van der Waals surface area contributed by atoms with Gasteiger partial charge in [0.25, 0.3) is 5.91 Å². The molecule has 82 valence electrons. The molecule has 0 saturated carbocycles. The van der Waals surface area contributed by atoms with Crippen LogP contribution in [0.1, 0.15) is 16.2 Å². The predicted molar refractivity (Wildman–Crippen MR) is 64.3 cm³/mol. The summed E-state index contributed by atoms with van der Waals surface area (Å²) in [6.07, 6.45) is 0. The standard InChI is InChI=1S/C12H13N3O/c1-7-6-9-8(4-3-5-10(9)13)11(15-7)12(16)14-2/h3-6H,13H2,1-2H3,(H,14,16). The van der Waals surface area contributed by atoms with Gasteiger partial charge in [-0.3, -0.25) is 4.79 Å². The first kappa shape index (κ1) is 10.4. The lowest BCUT2D eigenvalue weighted by Gasteiger charge is -2.07. The third-order valence-corrected chi connectivity index (χ3v) is 2.48. The number of carbonyl (C=O) groups is 1. The second-order valence-electron chi connectivity index (χ2n) is 3.63. The average Bonchev–Trinajstić information content (AvgIpc) is 2.28. The molecule has 0 aliphatic heterocycles. The monoisotopic (exact) mass is 215 g/mol. The molecule has 16 heavy (non-hydrogen) atoms. The SMILES string of the molecule is CNC(=O)c1nc(C)cc2c(N)cccc12. The highest BCUT2D eigenvalue weighted by molar-refractivity contribution is 6.08. The number of amides is 1. The summed E-state index contributed by atoms with van der Waals surface area (Å²) in [6.45, 7) is 1.85.